The highest BCUT2D eigenvalue weighted by Gasteiger charge is 2.62. The lowest BCUT2D eigenvalue weighted by Crippen LogP contribution is -2.32. The minimum absolute atomic E-state index is 0.182. The number of alkyl halides is 3. The summed E-state index contributed by atoms with van der Waals surface area (Å²) in [5.74, 6) is 1.54. The first-order chi connectivity index (χ1) is 6.16. The molecule has 1 aliphatic carbocycles. The first kappa shape index (κ1) is 10.4. The first-order valence-corrected chi connectivity index (χ1v) is 6.41. The highest BCUT2D eigenvalue weighted by Crippen LogP contribution is 2.64. The number of nitrogens with zero attached hydrogens (tertiary/aromatic N) is 1. The summed E-state index contributed by atoms with van der Waals surface area (Å²) in [6, 6.07) is 0. The number of hydrogen-bond acceptors (Lipinski definition) is 1. The molecule has 0 spiro atoms. The van der Waals surface area contributed by atoms with E-state index in [1.807, 2.05) is 0 Å². The van der Waals surface area contributed by atoms with Crippen LogP contribution in [0.1, 0.15) is 12.8 Å². The molecule has 0 bridgehead atoms. The highest BCUT2D eigenvalue weighted by atomic mass is 79.9. The summed E-state index contributed by atoms with van der Waals surface area (Å²) in [5.41, 5.74) is 0. The van der Waals surface area contributed by atoms with Crippen LogP contribution in [-0.4, -0.2) is 34.4 Å². The lowest BCUT2D eigenvalue weighted by atomic mass is 10.1. The Kier molecular flexibility index (Phi) is 3.02. The fourth-order valence-corrected chi connectivity index (χ4v) is 4.04. The molecule has 2 unspecified atom stereocenters. The predicted octanol–water partition coefficient (Wildman–Crippen LogP) is 2.78. The second kappa shape index (κ2) is 3.78. The summed E-state index contributed by atoms with van der Waals surface area (Å²) in [6.45, 7) is 3.01. The van der Waals surface area contributed by atoms with E-state index in [1.54, 1.807) is 0 Å². The van der Waals surface area contributed by atoms with E-state index in [4.69, 9.17) is 0 Å². The average molecular weight is 315 g/mol. The third-order valence-corrected chi connectivity index (χ3v) is 5.54. The van der Waals surface area contributed by atoms with Gasteiger partial charge in [0, 0.05) is 19.0 Å². The van der Waals surface area contributed by atoms with E-state index >= 15 is 0 Å². The Labute approximate surface area is 95.3 Å². The zero-order valence-corrected chi connectivity index (χ0v) is 10.7. The summed E-state index contributed by atoms with van der Waals surface area (Å²) < 4.78 is 12.2. The molecule has 0 aromatic carbocycles. The van der Waals surface area contributed by atoms with Crippen molar-refractivity contribution in [2.45, 2.75) is 16.1 Å². The molecule has 0 aromatic rings. The fraction of sp³-hybridized carbons (Fsp3) is 1.00. The van der Waals surface area contributed by atoms with Gasteiger partial charge in [-0.1, -0.05) is 31.9 Å². The number of rotatable bonds is 3. The third kappa shape index (κ3) is 1.95. The Morgan fingerprint density at radius 3 is 2.77 bits per heavy atom. The Bertz CT molecular complexity index is 198. The Morgan fingerprint density at radius 1 is 1.38 bits per heavy atom. The van der Waals surface area contributed by atoms with Crippen LogP contribution in [0.5, 0.6) is 0 Å². The van der Waals surface area contributed by atoms with Gasteiger partial charge in [-0.2, -0.15) is 0 Å². The van der Waals surface area contributed by atoms with Gasteiger partial charge in [0.15, 0.2) is 0 Å². The molecule has 2 fully saturated rings. The van der Waals surface area contributed by atoms with Gasteiger partial charge in [-0.05, 0) is 25.3 Å². The summed E-state index contributed by atoms with van der Waals surface area (Å²) in [6.07, 6.45) is 1.93. The average Bonchev–Trinajstić information content (AvgIpc) is 2.66. The summed E-state index contributed by atoms with van der Waals surface area (Å²) in [5, 5.41) is 0. The van der Waals surface area contributed by atoms with Crippen molar-refractivity contribution >= 4 is 31.9 Å². The molecule has 0 aromatic heterocycles. The number of halogens is 3. The maximum Gasteiger partial charge on any atom is 0.0906 e. The zero-order valence-electron chi connectivity index (χ0n) is 7.48. The van der Waals surface area contributed by atoms with Gasteiger partial charge >= 0.3 is 0 Å². The van der Waals surface area contributed by atoms with Crippen LogP contribution < -0.4 is 0 Å². The molecule has 0 radical (unpaired) electrons. The van der Waals surface area contributed by atoms with Gasteiger partial charge in [-0.25, -0.2) is 0 Å². The van der Waals surface area contributed by atoms with E-state index in [0.717, 1.165) is 31.5 Å². The van der Waals surface area contributed by atoms with E-state index in [9.17, 15) is 4.39 Å². The van der Waals surface area contributed by atoms with E-state index in [-0.39, 0.29) is 9.91 Å². The van der Waals surface area contributed by atoms with Crippen molar-refractivity contribution in [2.75, 3.05) is 26.3 Å². The Balaban J connectivity index is 1.80. The van der Waals surface area contributed by atoms with E-state index in [2.05, 4.69) is 36.8 Å². The maximum absolute atomic E-state index is 12.0. The van der Waals surface area contributed by atoms with Crippen molar-refractivity contribution in [3.63, 3.8) is 0 Å². The van der Waals surface area contributed by atoms with Gasteiger partial charge in [-0.15, -0.1) is 0 Å². The van der Waals surface area contributed by atoms with Crippen molar-refractivity contribution < 1.29 is 4.39 Å². The smallest absolute Gasteiger partial charge is 0.0906 e. The van der Waals surface area contributed by atoms with Gasteiger partial charge in [0.05, 0.1) is 9.91 Å². The van der Waals surface area contributed by atoms with Crippen molar-refractivity contribution in [2.24, 2.45) is 11.8 Å². The second-order valence-electron chi connectivity index (χ2n) is 4.02. The van der Waals surface area contributed by atoms with Gasteiger partial charge in [0.1, 0.15) is 0 Å². The van der Waals surface area contributed by atoms with Gasteiger partial charge in [-0.3, -0.25) is 4.39 Å². The SMILES string of the molecule is FCCCN1CCC2C(C1)C2(Br)Br. The standard InChI is InChI=1S/C9H14Br2FN/c10-9(11)7-2-5-13(4-1-3-12)6-8(7)9/h7-8H,1-6H2. The van der Waals surface area contributed by atoms with Crippen LogP contribution in [0.15, 0.2) is 0 Å². The summed E-state index contributed by atoms with van der Waals surface area (Å²) in [4.78, 5) is 2.38. The van der Waals surface area contributed by atoms with Crippen molar-refractivity contribution in [3.05, 3.63) is 0 Å². The lowest BCUT2D eigenvalue weighted by Gasteiger charge is -2.24. The van der Waals surface area contributed by atoms with Crippen LogP contribution in [-0.2, 0) is 0 Å². The molecular formula is C9H14Br2FN. The van der Waals surface area contributed by atoms with Crippen LogP contribution in [0.25, 0.3) is 0 Å². The summed E-state index contributed by atoms with van der Waals surface area (Å²) in [7, 11) is 0. The van der Waals surface area contributed by atoms with Gasteiger partial charge in [0.2, 0.25) is 0 Å². The monoisotopic (exact) mass is 313 g/mol. The molecular weight excluding hydrogens is 301 g/mol. The molecule has 1 nitrogen and oxygen atoms in total. The zero-order chi connectivity index (χ0) is 9.47. The maximum atomic E-state index is 12.0. The molecule has 1 saturated carbocycles. The number of fused-ring (bicyclic) bond motifs is 1. The Morgan fingerprint density at radius 2 is 2.15 bits per heavy atom. The van der Waals surface area contributed by atoms with Crippen LogP contribution in [0.4, 0.5) is 4.39 Å². The fourth-order valence-electron chi connectivity index (χ4n) is 2.28. The predicted molar refractivity (Wildman–Crippen MR) is 59.2 cm³/mol. The molecule has 2 atom stereocenters. The Hall–Kier alpha value is 0.850. The quantitative estimate of drug-likeness (QED) is 0.724. The largest absolute Gasteiger partial charge is 0.303 e. The van der Waals surface area contributed by atoms with E-state index < -0.39 is 0 Å². The summed E-state index contributed by atoms with van der Waals surface area (Å²) >= 11 is 7.38. The number of likely N-dealkylation sites (tertiary alicyclic amines) is 1. The molecule has 0 amide bonds. The van der Waals surface area contributed by atoms with Crippen molar-refractivity contribution in [1.29, 1.82) is 0 Å². The molecule has 4 heteroatoms. The van der Waals surface area contributed by atoms with Crippen LogP contribution in [0.3, 0.4) is 0 Å². The van der Waals surface area contributed by atoms with Gasteiger partial charge < -0.3 is 4.90 Å². The second-order valence-corrected chi connectivity index (χ2v) is 7.71. The number of hydrogen-bond donors (Lipinski definition) is 0. The van der Waals surface area contributed by atoms with Gasteiger partial charge in [0.25, 0.3) is 0 Å². The first-order valence-electron chi connectivity index (χ1n) is 4.82. The third-order valence-electron chi connectivity index (χ3n) is 3.18. The molecule has 2 rings (SSSR count). The number of piperidine rings is 1. The van der Waals surface area contributed by atoms with Crippen LogP contribution in [0.2, 0.25) is 0 Å². The highest BCUT2D eigenvalue weighted by molar-refractivity contribution is 9.25. The van der Waals surface area contributed by atoms with Crippen molar-refractivity contribution in [1.82, 2.24) is 4.90 Å². The normalized spacial score (nSPS) is 37.2. The van der Waals surface area contributed by atoms with Crippen LogP contribution >= 0.6 is 31.9 Å². The van der Waals surface area contributed by atoms with Crippen LogP contribution in [0, 0.1) is 11.8 Å². The minimum atomic E-state index is -0.182. The molecule has 13 heavy (non-hydrogen) atoms. The van der Waals surface area contributed by atoms with E-state index in [0.29, 0.717) is 6.42 Å². The van der Waals surface area contributed by atoms with Crippen molar-refractivity contribution in [3.8, 4) is 0 Å². The minimum Gasteiger partial charge on any atom is -0.303 e. The molecule has 0 N–H and O–H groups in total. The lowest BCUT2D eigenvalue weighted by molar-refractivity contribution is 0.210. The molecule has 1 heterocycles. The molecule has 1 aliphatic heterocycles. The topological polar surface area (TPSA) is 3.24 Å². The molecule has 2 aliphatic rings. The van der Waals surface area contributed by atoms with E-state index in [1.165, 1.54) is 6.42 Å². The molecule has 1 saturated heterocycles. The molecule has 76 valence electrons.